The van der Waals surface area contributed by atoms with E-state index in [-0.39, 0.29) is 11.7 Å². The highest BCUT2D eigenvalue weighted by Gasteiger charge is 2.35. The summed E-state index contributed by atoms with van der Waals surface area (Å²) in [6.07, 6.45) is -3.32. The molecule has 2 unspecified atom stereocenters. The fourth-order valence-electron chi connectivity index (χ4n) is 2.61. The van der Waals surface area contributed by atoms with Gasteiger partial charge in [0.15, 0.2) is 0 Å². The zero-order valence-corrected chi connectivity index (χ0v) is 11.4. The number of nitrogens with zero attached hydrogens (tertiary/aromatic N) is 1. The van der Waals surface area contributed by atoms with Crippen LogP contribution in [-0.2, 0) is 10.9 Å². The van der Waals surface area contributed by atoms with Crippen LogP contribution in [0, 0.1) is 0 Å². The third-order valence-corrected chi connectivity index (χ3v) is 3.68. The van der Waals surface area contributed by atoms with E-state index in [9.17, 15) is 13.2 Å². The standard InChI is InChI=1S/C14H19F3N2O/c1-20-10-6-7-19(8-10)9-13(18)11-4-2-3-5-12(11)14(15,16)17/h2-5,10,13H,6-9,18H2,1H3. The second-order valence-electron chi connectivity index (χ2n) is 5.10. The van der Waals surface area contributed by atoms with E-state index in [1.165, 1.54) is 12.1 Å². The van der Waals surface area contributed by atoms with Gasteiger partial charge in [-0.15, -0.1) is 0 Å². The minimum Gasteiger partial charge on any atom is -0.380 e. The quantitative estimate of drug-likeness (QED) is 0.924. The van der Waals surface area contributed by atoms with Gasteiger partial charge in [0.2, 0.25) is 0 Å². The third kappa shape index (κ3) is 3.50. The molecule has 1 aromatic carbocycles. The SMILES string of the molecule is COC1CCN(CC(N)c2ccccc2C(F)(F)F)C1. The largest absolute Gasteiger partial charge is 0.416 e. The van der Waals surface area contributed by atoms with Gasteiger partial charge in [-0.3, -0.25) is 4.90 Å². The molecular weight excluding hydrogens is 269 g/mol. The first-order valence-corrected chi connectivity index (χ1v) is 6.58. The molecule has 6 heteroatoms. The Bertz CT molecular complexity index is 450. The Kier molecular flexibility index (Phi) is 4.67. The Labute approximate surface area is 116 Å². The number of halogens is 3. The smallest absolute Gasteiger partial charge is 0.380 e. The van der Waals surface area contributed by atoms with Crippen LogP contribution in [0.3, 0.4) is 0 Å². The minimum atomic E-state index is -4.37. The van der Waals surface area contributed by atoms with Gasteiger partial charge in [-0.25, -0.2) is 0 Å². The van der Waals surface area contributed by atoms with E-state index in [2.05, 4.69) is 0 Å². The van der Waals surface area contributed by atoms with E-state index >= 15 is 0 Å². The molecule has 0 bridgehead atoms. The summed E-state index contributed by atoms with van der Waals surface area (Å²) in [5.41, 5.74) is 5.49. The molecule has 1 heterocycles. The predicted molar refractivity (Wildman–Crippen MR) is 70.2 cm³/mol. The van der Waals surface area contributed by atoms with Gasteiger partial charge in [0.25, 0.3) is 0 Å². The van der Waals surface area contributed by atoms with E-state index in [0.717, 1.165) is 25.6 Å². The molecule has 0 saturated carbocycles. The van der Waals surface area contributed by atoms with Crippen molar-refractivity contribution in [1.82, 2.24) is 4.90 Å². The summed E-state index contributed by atoms with van der Waals surface area (Å²) >= 11 is 0. The molecule has 112 valence electrons. The van der Waals surface area contributed by atoms with Crippen molar-refractivity contribution in [3.63, 3.8) is 0 Å². The topological polar surface area (TPSA) is 38.5 Å². The van der Waals surface area contributed by atoms with Crippen molar-refractivity contribution in [2.45, 2.75) is 24.7 Å². The first kappa shape index (κ1) is 15.3. The van der Waals surface area contributed by atoms with Crippen LogP contribution in [0.4, 0.5) is 13.2 Å². The number of benzene rings is 1. The zero-order valence-electron chi connectivity index (χ0n) is 11.4. The van der Waals surface area contributed by atoms with Crippen LogP contribution < -0.4 is 5.73 Å². The van der Waals surface area contributed by atoms with Crippen molar-refractivity contribution in [2.75, 3.05) is 26.7 Å². The summed E-state index contributed by atoms with van der Waals surface area (Å²) < 4.78 is 44.1. The maximum Gasteiger partial charge on any atom is 0.416 e. The van der Waals surface area contributed by atoms with Crippen LogP contribution in [0.15, 0.2) is 24.3 Å². The summed E-state index contributed by atoms with van der Waals surface area (Å²) in [5, 5.41) is 0. The number of hydrogen-bond acceptors (Lipinski definition) is 3. The third-order valence-electron chi connectivity index (χ3n) is 3.68. The molecule has 1 saturated heterocycles. The zero-order chi connectivity index (χ0) is 14.8. The molecule has 0 aliphatic carbocycles. The van der Waals surface area contributed by atoms with Gasteiger partial charge < -0.3 is 10.5 Å². The highest BCUT2D eigenvalue weighted by atomic mass is 19.4. The van der Waals surface area contributed by atoms with Crippen molar-refractivity contribution in [1.29, 1.82) is 0 Å². The number of alkyl halides is 3. The molecule has 1 aliphatic heterocycles. The molecule has 0 spiro atoms. The van der Waals surface area contributed by atoms with E-state index in [1.54, 1.807) is 13.2 Å². The molecule has 20 heavy (non-hydrogen) atoms. The molecule has 2 atom stereocenters. The summed E-state index contributed by atoms with van der Waals surface area (Å²) in [5.74, 6) is 0. The van der Waals surface area contributed by atoms with Crippen molar-refractivity contribution >= 4 is 0 Å². The van der Waals surface area contributed by atoms with Crippen LogP contribution in [0.2, 0.25) is 0 Å². The van der Waals surface area contributed by atoms with Crippen molar-refractivity contribution in [3.05, 3.63) is 35.4 Å². The molecule has 1 aromatic rings. The number of rotatable bonds is 4. The first-order valence-electron chi connectivity index (χ1n) is 6.58. The number of nitrogens with two attached hydrogens (primary N) is 1. The van der Waals surface area contributed by atoms with Gasteiger partial charge in [0.1, 0.15) is 0 Å². The van der Waals surface area contributed by atoms with E-state index in [1.807, 2.05) is 4.90 Å². The molecule has 0 aromatic heterocycles. The summed E-state index contributed by atoms with van der Waals surface area (Å²) in [6, 6.07) is 4.86. The molecular formula is C14H19F3N2O. The lowest BCUT2D eigenvalue weighted by Crippen LogP contribution is -2.32. The number of likely N-dealkylation sites (tertiary alicyclic amines) is 1. The van der Waals surface area contributed by atoms with E-state index in [4.69, 9.17) is 10.5 Å². The van der Waals surface area contributed by atoms with Crippen LogP contribution in [0.25, 0.3) is 0 Å². The van der Waals surface area contributed by atoms with E-state index < -0.39 is 17.8 Å². The fourth-order valence-corrected chi connectivity index (χ4v) is 2.61. The van der Waals surface area contributed by atoms with Gasteiger partial charge in [-0.05, 0) is 18.1 Å². The molecule has 3 nitrogen and oxygen atoms in total. The minimum absolute atomic E-state index is 0.153. The molecule has 2 rings (SSSR count). The molecule has 1 aliphatic rings. The summed E-state index contributed by atoms with van der Waals surface area (Å²) in [6.45, 7) is 1.94. The average molecular weight is 288 g/mol. The Morgan fingerprint density at radius 1 is 1.40 bits per heavy atom. The van der Waals surface area contributed by atoms with Crippen molar-refractivity contribution in [3.8, 4) is 0 Å². The lowest BCUT2D eigenvalue weighted by molar-refractivity contribution is -0.138. The highest BCUT2D eigenvalue weighted by molar-refractivity contribution is 5.32. The normalized spacial score (nSPS) is 22.1. The maximum atomic E-state index is 12.9. The predicted octanol–water partition coefficient (Wildman–Crippen LogP) is 2.43. The number of hydrogen-bond donors (Lipinski definition) is 1. The summed E-state index contributed by atoms with van der Waals surface area (Å²) in [7, 11) is 1.65. The van der Waals surface area contributed by atoms with Gasteiger partial charge in [-0.1, -0.05) is 18.2 Å². The number of ether oxygens (including phenoxy) is 1. The van der Waals surface area contributed by atoms with Gasteiger partial charge in [-0.2, -0.15) is 13.2 Å². The van der Waals surface area contributed by atoms with Gasteiger partial charge in [0, 0.05) is 32.8 Å². The monoisotopic (exact) mass is 288 g/mol. The Balaban J connectivity index is 2.08. The Hall–Kier alpha value is -1.11. The van der Waals surface area contributed by atoms with Crippen molar-refractivity contribution in [2.24, 2.45) is 5.73 Å². The fraction of sp³-hybridized carbons (Fsp3) is 0.571. The Morgan fingerprint density at radius 2 is 2.10 bits per heavy atom. The van der Waals surface area contributed by atoms with Crippen LogP contribution in [0.5, 0.6) is 0 Å². The van der Waals surface area contributed by atoms with E-state index in [0.29, 0.717) is 6.54 Å². The molecule has 0 amide bonds. The lowest BCUT2D eigenvalue weighted by atomic mass is 10.00. The average Bonchev–Trinajstić information content (AvgIpc) is 2.85. The van der Waals surface area contributed by atoms with Crippen LogP contribution in [-0.4, -0.2) is 37.7 Å². The Morgan fingerprint density at radius 3 is 2.70 bits per heavy atom. The van der Waals surface area contributed by atoms with Crippen LogP contribution >= 0.6 is 0 Å². The molecule has 1 fully saturated rings. The van der Waals surface area contributed by atoms with Gasteiger partial charge in [0.05, 0.1) is 11.7 Å². The highest BCUT2D eigenvalue weighted by Crippen LogP contribution is 2.34. The van der Waals surface area contributed by atoms with Gasteiger partial charge >= 0.3 is 6.18 Å². The second-order valence-corrected chi connectivity index (χ2v) is 5.10. The van der Waals surface area contributed by atoms with Crippen molar-refractivity contribution < 1.29 is 17.9 Å². The molecule has 2 N–H and O–H groups in total. The second kappa shape index (κ2) is 6.11. The summed E-state index contributed by atoms with van der Waals surface area (Å²) in [4.78, 5) is 2.05. The lowest BCUT2D eigenvalue weighted by Gasteiger charge is -2.23. The maximum absolute atomic E-state index is 12.9. The number of methoxy groups -OCH3 is 1. The first-order chi connectivity index (χ1) is 9.41. The molecule has 0 radical (unpaired) electrons. The van der Waals surface area contributed by atoms with Crippen LogP contribution in [0.1, 0.15) is 23.6 Å².